The summed E-state index contributed by atoms with van der Waals surface area (Å²) < 4.78 is 13.0. The molecule has 23 heavy (non-hydrogen) atoms. The molecule has 0 aliphatic heterocycles. The highest BCUT2D eigenvalue weighted by atomic mass is 16.5. The van der Waals surface area contributed by atoms with Crippen molar-refractivity contribution < 1.29 is 19.4 Å². The number of hydrogen-bond donors (Lipinski definition) is 1. The highest BCUT2D eigenvalue weighted by molar-refractivity contribution is 5.87. The number of nitrogens with zero attached hydrogens (tertiary/aromatic N) is 2. The van der Waals surface area contributed by atoms with E-state index >= 15 is 0 Å². The lowest BCUT2D eigenvalue weighted by Crippen LogP contribution is -2.11. The summed E-state index contributed by atoms with van der Waals surface area (Å²) in [4.78, 5) is 11.1. The first-order valence-corrected chi connectivity index (χ1v) is 7.71. The van der Waals surface area contributed by atoms with Crippen molar-refractivity contribution in [3.63, 3.8) is 0 Å². The molecular formula is C17H20N2O4. The van der Waals surface area contributed by atoms with Gasteiger partial charge in [-0.1, -0.05) is 0 Å². The third kappa shape index (κ3) is 3.16. The van der Waals surface area contributed by atoms with Crippen LogP contribution in [0.25, 0.3) is 11.3 Å². The molecule has 1 heterocycles. The molecule has 0 radical (unpaired) electrons. The fourth-order valence-corrected chi connectivity index (χ4v) is 2.96. The zero-order valence-electron chi connectivity index (χ0n) is 13.3. The van der Waals surface area contributed by atoms with Gasteiger partial charge in [-0.3, -0.25) is 4.68 Å². The second kappa shape index (κ2) is 6.32. The lowest BCUT2D eigenvalue weighted by molar-refractivity contribution is 0.0689. The Labute approximate surface area is 134 Å². The first kappa shape index (κ1) is 15.4. The minimum absolute atomic E-state index is 0.0246. The average Bonchev–Trinajstić information content (AvgIpc) is 3.17. The standard InChI is InChI=1S/C17H20N2O4/c1-19-14(10-13(18-19)17(20)21)11-7-8-15(22-2)16(9-11)23-12-5-3-4-6-12/h7-10,12H,3-6H2,1-2H3,(H,20,21). The molecule has 0 bridgehead atoms. The first-order chi connectivity index (χ1) is 11.1. The summed E-state index contributed by atoms with van der Waals surface area (Å²) in [5, 5.41) is 13.1. The Morgan fingerprint density at radius 3 is 2.61 bits per heavy atom. The number of carbonyl (C=O) groups is 1. The second-order valence-corrected chi connectivity index (χ2v) is 5.73. The summed E-state index contributed by atoms with van der Waals surface area (Å²) in [7, 11) is 3.34. The Bertz CT molecular complexity index is 717. The van der Waals surface area contributed by atoms with Gasteiger partial charge >= 0.3 is 5.97 Å². The van der Waals surface area contributed by atoms with Crippen LogP contribution in [-0.2, 0) is 7.05 Å². The smallest absolute Gasteiger partial charge is 0.356 e. The molecule has 122 valence electrons. The molecule has 0 spiro atoms. The Kier molecular flexibility index (Phi) is 4.23. The minimum atomic E-state index is -1.04. The van der Waals surface area contributed by atoms with Crippen LogP contribution in [0.3, 0.4) is 0 Å². The van der Waals surface area contributed by atoms with Crippen molar-refractivity contribution in [2.24, 2.45) is 7.05 Å². The number of aromatic nitrogens is 2. The van der Waals surface area contributed by atoms with Crippen molar-refractivity contribution in [2.75, 3.05) is 7.11 Å². The van der Waals surface area contributed by atoms with Gasteiger partial charge in [0.15, 0.2) is 17.2 Å². The van der Waals surface area contributed by atoms with Gasteiger partial charge in [-0.25, -0.2) is 4.79 Å². The molecule has 1 aliphatic rings. The maximum absolute atomic E-state index is 11.1. The van der Waals surface area contributed by atoms with Crippen molar-refractivity contribution in [3.8, 4) is 22.8 Å². The number of aromatic carboxylic acids is 1. The molecule has 6 nitrogen and oxygen atoms in total. The van der Waals surface area contributed by atoms with Crippen molar-refractivity contribution in [1.82, 2.24) is 9.78 Å². The van der Waals surface area contributed by atoms with Gasteiger partial charge in [0.2, 0.25) is 0 Å². The number of ether oxygens (including phenoxy) is 2. The predicted molar refractivity (Wildman–Crippen MR) is 85.0 cm³/mol. The highest BCUT2D eigenvalue weighted by Gasteiger charge is 2.20. The number of carboxylic acid groups (broad SMARTS) is 1. The van der Waals surface area contributed by atoms with Crippen LogP contribution in [0.15, 0.2) is 24.3 Å². The van der Waals surface area contributed by atoms with Crippen LogP contribution in [0.2, 0.25) is 0 Å². The zero-order chi connectivity index (χ0) is 16.4. The van der Waals surface area contributed by atoms with E-state index in [0.29, 0.717) is 11.5 Å². The van der Waals surface area contributed by atoms with Crippen LogP contribution < -0.4 is 9.47 Å². The highest BCUT2D eigenvalue weighted by Crippen LogP contribution is 2.35. The number of benzene rings is 1. The van der Waals surface area contributed by atoms with E-state index < -0.39 is 5.97 Å². The number of carboxylic acids is 1. The lowest BCUT2D eigenvalue weighted by Gasteiger charge is -2.17. The maximum Gasteiger partial charge on any atom is 0.356 e. The van der Waals surface area contributed by atoms with Gasteiger partial charge in [-0.2, -0.15) is 5.10 Å². The Hall–Kier alpha value is -2.50. The molecule has 0 amide bonds. The van der Waals surface area contributed by atoms with Crippen molar-refractivity contribution >= 4 is 5.97 Å². The summed E-state index contributed by atoms with van der Waals surface area (Å²) in [5.74, 6) is 0.332. The SMILES string of the molecule is COc1ccc(-c2cc(C(=O)O)nn2C)cc1OC1CCCC1. The third-order valence-electron chi connectivity index (χ3n) is 4.15. The molecule has 0 unspecified atom stereocenters. The van der Waals surface area contributed by atoms with E-state index in [1.807, 2.05) is 18.2 Å². The van der Waals surface area contributed by atoms with Gasteiger partial charge in [0.05, 0.1) is 18.9 Å². The zero-order valence-corrected chi connectivity index (χ0v) is 13.3. The van der Waals surface area contributed by atoms with Crippen LogP contribution in [-0.4, -0.2) is 34.1 Å². The molecule has 3 rings (SSSR count). The van der Waals surface area contributed by atoms with Crippen LogP contribution in [0.4, 0.5) is 0 Å². The third-order valence-corrected chi connectivity index (χ3v) is 4.15. The van der Waals surface area contributed by atoms with Gasteiger partial charge in [0, 0.05) is 12.6 Å². The monoisotopic (exact) mass is 316 g/mol. The summed E-state index contributed by atoms with van der Waals surface area (Å²) in [6, 6.07) is 7.17. The van der Waals surface area contributed by atoms with Crippen molar-refractivity contribution in [1.29, 1.82) is 0 Å². The van der Waals surface area contributed by atoms with Gasteiger partial charge < -0.3 is 14.6 Å². The predicted octanol–water partition coefficient (Wildman–Crippen LogP) is 3.12. The molecule has 1 aromatic heterocycles. The molecular weight excluding hydrogens is 296 g/mol. The van der Waals surface area contributed by atoms with Crippen LogP contribution >= 0.6 is 0 Å². The fraction of sp³-hybridized carbons (Fsp3) is 0.412. The second-order valence-electron chi connectivity index (χ2n) is 5.73. The Morgan fingerprint density at radius 1 is 1.26 bits per heavy atom. The van der Waals surface area contributed by atoms with E-state index in [1.165, 1.54) is 12.8 Å². The van der Waals surface area contributed by atoms with E-state index in [4.69, 9.17) is 14.6 Å². The van der Waals surface area contributed by atoms with Crippen LogP contribution in [0, 0.1) is 0 Å². The van der Waals surface area contributed by atoms with Crippen LogP contribution in [0.1, 0.15) is 36.2 Å². The van der Waals surface area contributed by atoms with E-state index in [1.54, 1.807) is 24.9 Å². The molecule has 0 atom stereocenters. The summed E-state index contributed by atoms with van der Waals surface area (Å²) in [5.41, 5.74) is 1.60. The number of hydrogen-bond acceptors (Lipinski definition) is 4. The average molecular weight is 316 g/mol. The quantitative estimate of drug-likeness (QED) is 0.917. The maximum atomic E-state index is 11.1. The number of rotatable bonds is 5. The largest absolute Gasteiger partial charge is 0.493 e. The molecule has 2 aromatic rings. The molecule has 1 aromatic carbocycles. The molecule has 1 aliphatic carbocycles. The van der Waals surface area contributed by atoms with Gasteiger partial charge in [0.1, 0.15) is 0 Å². The van der Waals surface area contributed by atoms with E-state index in [-0.39, 0.29) is 11.8 Å². The molecule has 1 saturated carbocycles. The normalized spacial score (nSPS) is 14.9. The number of methoxy groups -OCH3 is 1. The molecule has 0 saturated heterocycles. The van der Waals surface area contributed by atoms with E-state index in [2.05, 4.69) is 5.10 Å². The van der Waals surface area contributed by atoms with Crippen molar-refractivity contribution in [3.05, 3.63) is 30.0 Å². The van der Waals surface area contributed by atoms with E-state index in [9.17, 15) is 4.79 Å². The van der Waals surface area contributed by atoms with Gasteiger partial charge in [-0.15, -0.1) is 0 Å². The fourth-order valence-electron chi connectivity index (χ4n) is 2.96. The summed E-state index contributed by atoms with van der Waals surface area (Å²) in [6.45, 7) is 0. The van der Waals surface area contributed by atoms with E-state index in [0.717, 1.165) is 24.1 Å². The van der Waals surface area contributed by atoms with Crippen molar-refractivity contribution in [2.45, 2.75) is 31.8 Å². The Morgan fingerprint density at radius 2 is 2.00 bits per heavy atom. The van der Waals surface area contributed by atoms with Gasteiger partial charge in [-0.05, 0) is 49.9 Å². The summed E-state index contributed by atoms with van der Waals surface area (Å²) >= 11 is 0. The minimum Gasteiger partial charge on any atom is -0.493 e. The first-order valence-electron chi connectivity index (χ1n) is 7.71. The summed E-state index contributed by atoms with van der Waals surface area (Å²) in [6.07, 6.45) is 4.72. The topological polar surface area (TPSA) is 73.6 Å². The van der Waals surface area contributed by atoms with Crippen LogP contribution in [0.5, 0.6) is 11.5 Å². The number of aryl methyl sites for hydroxylation is 1. The lowest BCUT2D eigenvalue weighted by atomic mass is 10.1. The molecule has 6 heteroatoms. The van der Waals surface area contributed by atoms with Gasteiger partial charge in [0.25, 0.3) is 0 Å². The molecule has 1 fully saturated rings. The Balaban J connectivity index is 1.95. The molecule has 1 N–H and O–H groups in total.